The van der Waals surface area contributed by atoms with Gasteiger partial charge in [-0.2, -0.15) is 0 Å². The molecule has 1 aliphatic rings. The molecule has 0 aliphatic carbocycles. The second-order valence-corrected chi connectivity index (χ2v) is 6.71. The molecule has 2 aromatic rings. The highest BCUT2D eigenvalue weighted by Gasteiger charge is 2.36. The Kier molecular flexibility index (Phi) is 4.30. The highest BCUT2D eigenvalue weighted by molar-refractivity contribution is 6.31. The molecule has 0 amide bonds. The quantitative estimate of drug-likeness (QED) is 0.914. The number of halogens is 1. The van der Waals surface area contributed by atoms with Crippen molar-refractivity contribution in [3.63, 3.8) is 0 Å². The fourth-order valence-electron chi connectivity index (χ4n) is 3.25. The maximum absolute atomic E-state index is 11.0. The van der Waals surface area contributed by atoms with Crippen molar-refractivity contribution in [2.75, 3.05) is 18.0 Å². The van der Waals surface area contributed by atoms with Gasteiger partial charge < -0.3 is 10.0 Å². The standard InChI is InChI=1S/C18H22ClN3O/c1-12-13(2)20-14(3)21-17(12)22-10-8-18(23,9-11-22)15-6-4-5-7-16(15)19/h4-7,23H,8-11H2,1-3H3. The highest BCUT2D eigenvalue weighted by Crippen LogP contribution is 2.38. The maximum atomic E-state index is 11.0. The summed E-state index contributed by atoms with van der Waals surface area (Å²) in [5.41, 5.74) is 2.09. The van der Waals surface area contributed by atoms with Gasteiger partial charge in [-0.25, -0.2) is 9.97 Å². The summed E-state index contributed by atoms with van der Waals surface area (Å²) in [7, 11) is 0. The van der Waals surface area contributed by atoms with Crippen LogP contribution in [0.4, 0.5) is 5.82 Å². The normalized spacial score (nSPS) is 17.3. The SMILES string of the molecule is Cc1nc(C)c(C)c(N2CCC(O)(c3ccccc3Cl)CC2)n1. The lowest BCUT2D eigenvalue weighted by atomic mass is 9.84. The van der Waals surface area contributed by atoms with Gasteiger partial charge in [0.15, 0.2) is 0 Å². The first-order valence-corrected chi connectivity index (χ1v) is 8.33. The zero-order chi connectivity index (χ0) is 16.6. The van der Waals surface area contributed by atoms with Crippen molar-refractivity contribution in [1.82, 2.24) is 9.97 Å². The molecule has 3 rings (SSSR count). The van der Waals surface area contributed by atoms with E-state index in [4.69, 9.17) is 11.6 Å². The molecule has 1 fully saturated rings. The Morgan fingerprint density at radius 3 is 2.39 bits per heavy atom. The molecule has 1 aromatic heterocycles. The number of piperidine rings is 1. The number of anilines is 1. The van der Waals surface area contributed by atoms with E-state index in [1.807, 2.05) is 38.1 Å². The fourth-order valence-corrected chi connectivity index (χ4v) is 3.57. The summed E-state index contributed by atoms with van der Waals surface area (Å²) in [6.07, 6.45) is 1.27. The first-order chi connectivity index (χ1) is 10.9. The molecule has 5 heteroatoms. The van der Waals surface area contributed by atoms with Gasteiger partial charge in [0, 0.05) is 34.9 Å². The van der Waals surface area contributed by atoms with E-state index in [-0.39, 0.29) is 0 Å². The summed E-state index contributed by atoms with van der Waals surface area (Å²) in [6, 6.07) is 7.57. The van der Waals surface area contributed by atoms with Gasteiger partial charge in [0.1, 0.15) is 11.6 Å². The van der Waals surface area contributed by atoms with E-state index in [0.717, 1.165) is 41.6 Å². The van der Waals surface area contributed by atoms with E-state index in [2.05, 4.69) is 21.8 Å². The van der Waals surface area contributed by atoms with Crippen LogP contribution >= 0.6 is 11.6 Å². The zero-order valence-corrected chi connectivity index (χ0v) is 14.6. The molecule has 0 saturated carbocycles. The number of benzene rings is 1. The fraction of sp³-hybridized carbons (Fsp3) is 0.444. The summed E-state index contributed by atoms with van der Waals surface area (Å²) in [5, 5.41) is 11.7. The zero-order valence-electron chi connectivity index (χ0n) is 13.8. The number of aliphatic hydroxyl groups is 1. The van der Waals surface area contributed by atoms with Crippen molar-refractivity contribution in [1.29, 1.82) is 0 Å². The van der Waals surface area contributed by atoms with Crippen molar-refractivity contribution < 1.29 is 5.11 Å². The molecule has 2 heterocycles. The molecule has 0 radical (unpaired) electrons. The molecular weight excluding hydrogens is 310 g/mol. The van der Waals surface area contributed by atoms with Crippen LogP contribution in [0.15, 0.2) is 24.3 Å². The summed E-state index contributed by atoms with van der Waals surface area (Å²) in [5.74, 6) is 1.77. The molecule has 1 aromatic carbocycles. The van der Waals surface area contributed by atoms with Crippen molar-refractivity contribution in [3.8, 4) is 0 Å². The first-order valence-electron chi connectivity index (χ1n) is 7.95. The highest BCUT2D eigenvalue weighted by atomic mass is 35.5. The van der Waals surface area contributed by atoms with Crippen molar-refractivity contribution in [3.05, 3.63) is 51.9 Å². The van der Waals surface area contributed by atoms with E-state index in [9.17, 15) is 5.11 Å². The van der Waals surface area contributed by atoms with Gasteiger partial charge in [0.05, 0.1) is 5.60 Å². The summed E-state index contributed by atoms with van der Waals surface area (Å²) in [4.78, 5) is 11.3. The number of rotatable bonds is 2. The molecule has 0 unspecified atom stereocenters. The van der Waals surface area contributed by atoms with Crippen LogP contribution in [0.2, 0.25) is 5.02 Å². The van der Waals surface area contributed by atoms with E-state index in [1.54, 1.807) is 0 Å². The average molecular weight is 332 g/mol. The van der Waals surface area contributed by atoms with Gasteiger partial charge in [0.25, 0.3) is 0 Å². The second-order valence-electron chi connectivity index (χ2n) is 6.30. The Morgan fingerprint density at radius 1 is 1.09 bits per heavy atom. The monoisotopic (exact) mass is 331 g/mol. The minimum atomic E-state index is -0.861. The van der Waals surface area contributed by atoms with Crippen molar-refractivity contribution in [2.24, 2.45) is 0 Å². The number of hydrogen-bond donors (Lipinski definition) is 1. The lowest BCUT2D eigenvalue weighted by molar-refractivity contribution is 0.0117. The molecule has 0 bridgehead atoms. The Morgan fingerprint density at radius 2 is 1.74 bits per heavy atom. The molecule has 122 valence electrons. The van der Waals surface area contributed by atoms with Gasteiger partial charge in [-0.05, 0) is 39.7 Å². The average Bonchev–Trinajstić information content (AvgIpc) is 2.52. The third-order valence-corrected chi connectivity index (χ3v) is 5.07. The van der Waals surface area contributed by atoms with Crippen molar-refractivity contribution in [2.45, 2.75) is 39.2 Å². The van der Waals surface area contributed by atoms with E-state index < -0.39 is 5.60 Å². The first kappa shape index (κ1) is 16.2. The lowest BCUT2D eigenvalue weighted by Crippen LogP contribution is -2.43. The van der Waals surface area contributed by atoms with Crippen LogP contribution in [-0.2, 0) is 5.60 Å². The van der Waals surface area contributed by atoms with E-state index >= 15 is 0 Å². The molecule has 1 aliphatic heterocycles. The smallest absolute Gasteiger partial charge is 0.135 e. The van der Waals surface area contributed by atoms with Gasteiger partial charge in [-0.1, -0.05) is 29.8 Å². The molecule has 0 spiro atoms. The van der Waals surface area contributed by atoms with Crippen LogP contribution in [-0.4, -0.2) is 28.2 Å². The second kappa shape index (κ2) is 6.10. The molecule has 23 heavy (non-hydrogen) atoms. The van der Waals surface area contributed by atoms with Crippen LogP contribution in [0.3, 0.4) is 0 Å². The van der Waals surface area contributed by atoms with Gasteiger partial charge in [0.2, 0.25) is 0 Å². The van der Waals surface area contributed by atoms with Gasteiger partial charge in [-0.3, -0.25) is 0 Å². The number of hydrogen-bond acceptors (Lipinski definition) is 4. The largest absolute Gasteiger partial charge is 0.385 e. The Bertz CT molecular complexity index is 724. The third-order valence-electron chi connectivity index (χ3n) is 4.74. The van der Waals surface area contributed by atoms with E-state index in [1.165, 1.54) is 0 Å². The number of nitrogens with zero attached hydrogens (tertiary/aromatic N) is 3. The Labute approximate surface area is 142 Å². The maximum Gasteiger partial charge on any atom is 0.135 e. The number of aromatic nitrogens is 2. The van der Waals surface area contributed by atoms with Crippen LogP contribution in [0.25, 0.3) is 0 Å². The van der Waals surface area contributed by atoms with Gasteiger partial charge >= 0.3 is 0 Å². The topological polar surface area (TPSA) is 49.2 Å². The van der Waals surface area contributed by atoms with Crippen LogP contribution in [0, 0.1) is 20.8 Å². The minimum absolute atomic E-state index is 0.633. The van der Waals surface area contributed by atoms with Crippen LogP contribution in [0.5, 0.6) is 0 Å². The molecule has 0 atom stereocenters. The van der Waals surface area contributed by atoms with Crippen molar-refractivity contribution >= 4 is 17.4 Å². The molecule has 1 saturated heterocycles. The van der Waals surface area contributed by atoms with Crippen LogP contribution < -0.4 is 4.90 Å². The predicted octanol–water partition coefficient (Wildman–Crippen LogP) is 3.54. The summed E-state index contributed by atoms with van der Waals surface area (Å²) < 4.78 is 0. The number of aryl methyl sites for hydroxylation is 2. The summed E-state index contributed by atoms with van der Waals surface area (Å²) in [6.45, 7) is 7.48. The molecule has 1 N–H and O–H groups in total. The van der Waals surface area contributed by atoms with Crippen LogP contribution in [0.1, 0.15) is 35.5 Å². The minimum Gasteiger partial charge on any atom is -0.385 e. The lowest BCUT2D eigenvalue weighted by Gasteiger charge is -2.40. The predicted molar refractivity (Wildman–Crippen MR) is 93.0 cm³/mol. The van der Waals surface area contributed by atoms with E-state index in [0.29, 0.717) is 17.9 Å². The third kappa shape index (κ3) is 3.06. The van der Waals surface area contributed by atoms with Gasteiger partial charge in [-0.15, -0.1) is 0 Å². The summed E-state index contributed by atoms with van der Waals surface area (Å²) >= 11 is 6.27. The molecule has 4 nitrogen and oxygen atoms in total. The Balaban J connectivity index is 1.83. The molecular formula is C18H22ClN3O. The Hall–Kier alpha value is -1.65.